The Morgan fingerprint density at radius 1 is 1.33 bits per heavy atom. The van der Waals surface area contributed by atoms with Crippen LogP contribution in [0, 0.1) is 17.1 Å². The van der Waals surface area contributed by atoms with Gasteiger partial charge in [0.05, 0.1) is 17.7 Å². The van der Waals surface area contributed by atoms with Gasteiger partial charge in [0.25, 0.3) is 0 Å². The normalized spacial score (nSPS) is 15.1. The largest absolute Gasteiger partial charge is 0.393 e. The molecule has 0 amide bonds. The van der Waals surface area contributed by atoms with Crippen molar-refractivity contribution in [2.45, 2.75) is 18.9 Å². The predicted molar refractivity (Wildman–Crippen MR) is 84.0 cm³/mol. The number of hydrogen-bond acceptors (Lipinski definition) is 6. The van der Waals surface area contributed by atoms with Crippen LogP contribution in [0.5, 0.6) is 0 Å². The average Bonchev–Trinajstić information content (AvgIpc) is 2.62. The Kier molecular flexibility index (Phi) is 4.49. The van der Waals surface area contributed by atoms with E-state index in [1.807, 2.05) is 6.07 Å². The molecule has 1 aliphatic rings. The molecule has 1 aromatic carbocycles. The maximum absolute atomic E-state index is 14.8. The molecule has 0 spiro atoms. The number of aliphatic hydroxyl groups excluding tert-OH is 1. The molecule has 2 aromatic rings. The van der Waals surface area contributed by atoms with E-state index in [4.69, 9.17) is 5.26 Å². The molecule has 2 heterocycles. The first-order chi connectivity index (χ1) is 11.6. The van der Waals surface area contributed by atoms with Crippen LogP contribution in [0.2, 0.25) is 0 Å². The minimum absolute atomic E-state index is 0.0664. The molecule has 1 fully saturated rings. The van der Waals surface area contributed by atoms with Crippen molar-refractivity contribution in [2.24, 2.45) is 0 Å². The average molecular weight is 326 g/mol. The van der Waals surface area contributed by atoms with E-state index in [0.717, 1.165) is 6.33 Å². The number of nitriles is 1. The molecule has 122 valence electrons. The highest BCUT2D eigenvalue weighted by Crippen LogP contribution is 2.23. The number of anilines is 1. The number of rotatable bonds is 3. The van der Waals surface area contributed by atoms with Gasteiger partial charge >= 0.3 is 0 Å². The van der Waals surface area contributed by atoms with Crippen LogP contribution >= 0.6 is 0 Å². The summed E-state index contributed by atoms with van der Waals surface area (Å²) >= 11 is 0. The van der Waals surface area contributed by atoms with Crippen molar-refractivity contribution in [1.82, 2.24) is 9.97 Å². The topological polar surface area (TPSA) is 90.1 Å². The minimum Gasteiger partial charge on any atom is -0.393 e. The molecule has 0 bridgehead atoms. The Labute approximate surface area is 138 Å². The first-order valence-corrected chi connectivity index (χ1v) is 7.58. The summed E-state index contributed by atoms with van der Waals surface area (Å²) < 4.78 is 14.8. The van der Waals surface area contributed by atoms with Gasteiger partial charge in [0, 0.05) is 18.7 Å². The zero-order chi connectivity index (χ0) is 17.1. The van der Waals surface area contributed by atoms with Crippen molar-refractivity contribution >= 4 is 11.6 Å². The summed E-state index contributed by atoms with van der Waals surface area (Å²) in [5.41, 5.74) is 0.202. The van der Waals surface area contributed by atoms with Crippen LogP contribution in [-0.2, 0) is 0 Å². The van der Waals surface area contributed by atoms with E-state index >= 15 is 0 Å². The van der Waals surface area contributed by atoms with Crippen LogP contribution in [0.3, 0.4) is 0 Å². The second kappa shape index (κ2) is 6.72. The van der Waals surface area contributed by atoms with Crippen LogP contribution in [0.4, 0.5) is 10.2 Å². The van der Waals surface area contributed by atoms with E-state index < -0.39 is 11.6 Å². The Balaban J connectivity index is 1.93. The Bertz CT molecular complexity index is 810. The maximum atomic E-state index is 14.8. The molecule has 24 heavy (non-hydrogen) atoms. The summed E-state index contributed by atoms with van der Waals surface area (Å²) in [6.45, 7) is 0.930. The molecule has 0 atom stereocenters. The number of halogens is 1. The monoisotopic (exact) mass is 326 g/mol. The van der Waals surface area contributed by atoms with Gasteiger partial charge in [-0.2, -0.15) is 5.26 Å². The van der Waals surface area contributed by atoms with Gasteiger partial charge in [0.15, 0.2) is 17.3 Å². The second-order valence-electron chi connectivity index (χ2n) is 5.60. The predicted octanol–water partition coefficient (Wildman–Crippen LogP) is 1.68. The molecule has 0 radical (unpaired) electrons. The van der Waals surface area contributed by atoms with Gasteiger partial charge in [0.1, 0.15) is 6.33 Å². The van der Waals surface area contributed by atoms with Crippen molar-refractivity contribution < 1.29 is 14.3 Å². The number of ketones is 1. The first-order valence-electron chi connectivity index (χ1n) is 7.58. The van der Waals surface area contributed by atoms with Crippen LogP contribution < -0.4 is 4.90 Å². The summed E-state index contributed by atoms with van der Waals surface area (Å²) in [4.78, 5) is 22.0. The molecule has 1 saturated heterocycles. The fraction of sp³-hybridized carbons (Fsp3) is 0.294. The van der Waals surface area contributed by atoms with Crippen molar-refractivity contribution in [1.29, 1.82) is 5.26 Å². The van der Waals surface area contributed by atoms with Crippen molar-refractivity contribution in [3.63, 3.8) is 0 Å². The third-order valence-electron chi connectivity index (χ3n) is 4.00. The summed E-state index contributed by atoms with van der Waals surface area (Å²) in [5, 5.41) is 18.5. The summed E-state index contributed by atoms with van der Waals surface area (Å²) in [7, 11) is 0. The number of nitrogens with zero attached hydrogens (tertiary/aromatic N) is 4. The van der Waals surface area contributed by atoms with Crippen LogP contribution in [0.1, 0.15) is 34.5 Å². The van der Waals surface area contributed by atoms with Crippen LogP contribution in [0.25, 0.3) is 0 Å². The lowest BCUT2D eigenvalue weighted by Gasteiger charge is -2.30. The number of carbonyl (C=O) groups excluding carboxylic acids is 1. The van der Waals surface area contributed by atoms with E-state index in [1.54, 1.807) is 17.0 Å². The van der Waals surface area contributed by atoms with Gasteiger partial charge in [-0.3, -0.25) is 4.79 Å². The van der Waals surface area contributed by atoms with Gasteiger partial charge in [-0.05, 0) is 25.0 Å². The molecule has 6 nitrogen and oxygen atoms in total. The van der Waals surface area contributed by atoms with Crippen molar-refractivity contribution in [2.75, 3.05) is 18.0 Å². The fourth-order valence-corrected chi connectivity index (χ4v) is 2.68. The van der Waals surface area contributed by atoms with Crippen molar-refractivity contribution in [3.05, 3.63) is 53.2 Å². The van der Waals surface area contributed by atoms with Gasteiger partial charge in [0.2, 0.25) is 5.78 Å². The zero-order valence-electron chi connectivity index (χ0n) is 12.8. The first kappa shape index (κ1) is 16.0. The van der Waals surface area contributed by atoms with Gasteiger partial charge < -0.3 is 10.0 Å². The maximum Gasteiger partial charge on any atom is 0.214 e. The Morgan fingerprint density at radius 2 is 2.08 bits per heavy atom. The smallest absolute Gasteiger partial charge is 0.214 e. The lowest BCUT2D eigenvalue weighted by Crippen LogP contribution is -2.37. The molecule has 1 aromatic heterocycles. The van der Waals surface area contributed by atoms with Gasteiger partial charge in [-0.25, -0.2) is 14.4 Å². The Morgan fingerprint density at radius 3 is 2.79 bits per heavy atom. The second-order valence-corrected chi connectivity index (χ2v) is 5.60. The lowest BCUT2D eigenvalue weighted by molar-refractivity contribution is 0.102. The minimum atomic E-state index is -0.777. The SMILES string of the molecule is N#Cc1cccc(C(=O)c2ncnc(N3CCC(O)CC3)c2F)c1. The molecule has 7 heteroatoms. The number of hydrogen-bond donors (Lipinski definition) is 1. The highest BCUT2D eigenvalue weighted by Gasteiger charge is 2.25. The zero-order valence-corrected chi connectivity index (χ0v) is 12.8. The molecule has 3 rings (SSSR count). The number of benzene rings is 1. The number of carbonyl (C=O) groups is 1. The summed E-state index contributed by atoms with van der Waals surface area (Å²) in [6.07, 6.45) is 1.82. The summed E-state index contributed by atoms with van der Waals surface area (Å²) in [5.74, 6) is -1.30. The molecule has 0 aliphatic carbocycles. The fourth-order valence-electron chi connectivity index (χ4n) is 2.68. The van der Waals surface area contributed by atoms with E-state index in [9.17, 15) is 14.3 Å². The number of aliphatic hydroxyl groups is 1. The molecule has 1 N–H and O–H groups in total. The van der Waals surface area contributed by atoms with Gasteiger partial charge in [-0.1, -0.05) is 12.1 Å². The molecule has 0 saturated carbocycles. The third-order valence-corrected chi connectivity index (χ3v) is 4.00. The molecular weight excluding hydrogens is 311 g/mol. The van der Waals surface area contributed by atoms with Crippen molar-refractivity contribution in [3.8, 4) is 6.07 Å². The van der Waals surface area contributed by atoms with E-state index in [1.165, 1.54) is 12.1 Å². The van der Waals surface area contributed by atoms with Gasteiger partial charge in [-0.15, -0.1) is 0 Å². The van der Waals surface area contributed by atoms with E-state index in [2.05, 4.69) is 9.97 Å². The van der Waals surface area contributed by atoms with Crippen LogP contribution in [0.15, 0.2) is 30.6 Å². The standard InChI is InChI=1S/C17H15FN4O2/c18-14-15(16(24)12-3-1-2-11(8-12)9-19)20-10-21-17(14)22-6-4-13(23)5-7-22/h1-3,8,10,13,23H,4-7H2. The highest BCUT2D eigenvalue weighted by atomic mass is 19.1. The van der Waals surface area contributed by atoms with Crippen LogP contribution in [-0.4, -0.2) is 40.1 Å². The van der Waals surface area contributed by atoms with E-state index in [-0.39, 0.29) is 23.2 Å². The molecular formula is C17H15FN4O2. The third kappa shape index (κ3) is 3.09. The quantitative estimate of drug-likeness (QED) is 0.863. The summed E-state index contributed by atoms with van der Waals surface area (Å²) in [6, 6.07) is 8.00. The van der Waals surface area contributed by atoms with E-state index in [0.29, 0.717) is 31.5 Å². The highest BCUT2D eigenvalue weighted by molar-refractivity contribution is 6.08. The number of aromatic nitrogens is 2. The Hall–Kier alpha value is -2.85. The molecule has 0 unspecified atom stereocenters. The lowest BCUT2D eigenvalue weighted by atomic mass is 10.0. The molecule has 1 aliphatic heterocycles. The number of piperidine rings is 1.